The van der Waals surface area contributed by atoms with Crippen molar-refractivity contribution in [3.8, 4) is 17.2 Å². The van der Waals surface area contributed by atoms with Crippen LogP contribution in [0.2, 0.25) is 0 Å². The van der Waals surface area contributed by atoms with Crippen molar-refractivity contribution >= 4 is 5.71 Å². The summed E-state index contributed by atoms with van der Waals surface area (Å²) in [5.74, 6) is 2.65. The maximum absolute atomic E-state index is 6.66. The number of hydrogen-bond donors (Lipinski definition) is 1. The summed E-state index contributed by atoms with van der Waals surface area (Å²) in [7, 11) is 2.26. The Morgan fingerprint density at radius 1 is 1.00 bits per heavy atom. The lowest BCUT2D eigenvalue weighted by molar-refractivity contribution is -0.888. The third-order valence-corrected chi connectivity index (χ3v) is 6.67. The Balaban J connectivity index is 1.40. The molecule has 6 rings (SSSR count). The number of nitrogens with zero attached hydrogens (tertiary/aromatic N) is 2. The first kappa shape index (κ1) is 17.2. The Bertz CT molecular complexity index is 981. The highest BCUT2D eigenvalue weighted by molar-refractivity contribution is 6.02. The van der Waals surface area contributed by atoms with Gasteiger partial charge in [-0.15, -0.1) is 0 Å². The van der Waals surface area contributed by atoms with Crippen LogP contribution in [0, 0.1) is 0 Å². The van der Waals surface area contributed by atoms with Crippen LogP contribution in [0.5, 0.6) is 17.2 Å². The van der Waals surface area contributed by atoms with E-state index < -0.39 is 0 Å². The number of piperidine rings is 1. The molecule has 2 aromatic rings. The zero-order valence-corrected chi connectivity index (χ0v) is 16.7. The van der Waals surface area contributed by atoms with Crippen LogP contribution in [-0.2, 0) is 0 Å². The first-order valence-electron chi connectivity index (χ1n) is 10.6. The van der Waals surface area contributed by atoms with E-state index in [0.717, 1.165) is 60.9 Å². The van der Waals surface area contributed by atoms with Crippen LogP contribution in [0.1, 0.15) is 36.4 Å². The van der Waals surface area contributed by atoms with E-state index in [4.69, 9.17) is 19.3 Å². The average molecular weight is 392 g/mol. The second-order valence-corrected chi connectivity index (χ2v) is 8.51. The Kier molecular flexibility index (Phi) is 3.78. The van der Waals surface area contributed by atoms with Crippen LogP contribution in [-0.4, -0.2) is 49.8 Å². The van der Waals surface area contributed by atoms with Gasteiger partial charge in [-0.1, -0.05) is 18.2 Å². The SMILES string of the molecule is C[NH+]1CCC2(CC1)Oc1ccccc1[C@H]1CC(c3ccc4c(c3)OCCO4)=NN12. The fourth-order valence-corrected chi connectivity index (χ4v) is 5.02. The number of likely N-dealkylation sites (tertiary alicyclic amines) is 1. The van der Waals surface area contributed by atoms with Crippen molar-refractivity contribution in [3.63, 3.8) is 0 Å². The van der Waals surface area contributed by atoms with Crippen LogP contribution < -0.4 is 19.1 Å². The third kappa shape index (κ3) is 2.69. The quantitative estimate of drug-likeness (QED) is 0.807. The molecule has 6 nitrogen and oxygen atoms in total. The maximum atomic E-state index is 6.66. The van der Waals surface area contributed by atoms with E-state index in [9.17, 15) is 0 Å². The summed E-state index contributed by atoms with van der Waals surface area (Å²) in [4.78, 5) is 1.56. The highest BCUT2D eigenvalue weighted by Crippen LogP contribution is 2.49. The largest absolute Gasteiger partial charge is 0.486 e. The molecule has 0 saturated carbocycles. The van der Waals surface area contributed by atoms with Gasteiger partial charge >= 0.3 is 0 Å². The Hall–Kier alpha value is -2.73. The summed E-state index contributed by atoms with van der Waals surface area (Å²) in [6.45, 7) is 3.40. The predicted molar refractivity (Wildman–Crippen MR) is 109 cm³/mol. The van der Waals surface area contributed by atoms with Crippen molar-refractivity contribution < 1.29 is 19.1 Å². The topological polar surface area (TPSA) is 47.7 Å². The molecule has 0 radical (unpaired) electrons. The number of quaternary nitrogens is 1. The van der Waals surface area contributed by atoms with Crippen molar-refractivity contribution in [1.82, 2.24) is 5.01 Å². The summed E-state index contributed by atoms with van der Waals surface area (Å²) in [6, 6.07) is 14.9. The van der Waals surface area contributed by atoms with Crippen molar-refractivity contribution in [3.05, 3.63) is 53.6 Å². The normalized spacial score (nSPS) is 29.7. The van der Waals surface area contributed by atoms with E-state index in [0.29, 0.717) is 13.2 Å². The van der Waals surface area contributed by atoms with Crippen LogP contribution in [0.4, 0.5) is 0 Å². The van der Waals surface area contributed by atoms with E-state index in [1.807, 2.05) is 6.07 Å². The van der Waals surface area contributed by atoms with Gasteiger partial charge in [0, 0.05) is 17.5 Å². The summed E-state index contributed by atoms with van der Waals surface area (Å²) in [5.41, 5.74) is 3.10. The molecule has 0 aromatic heterocycles. The number of fused-ring (bicyclic) bond motifs is 5. The number of para-hydroxylation sites is 1. The fraction of sp³-hybridized carbons (Fsp3) is 0.435. The molecule has 1 fully saturated rings. The van der Waals surface area contributed by atoms with Gasteiger partial charge in [0.1, 0.15) is 19.0 Å². The molecule has 0 amide bonds. The van der Waals surface area contributed by atoms with Gasteiger partial charge in [-0.3, -0.25) is 0 Å². The van der Waals surface area contributed by atoms with Gasteiger partial charge in [0.25, 0.3) is 0 Å². The van der Waals surface area contributed by atoms with E-state index >= 15 is 0 Å². The van der Waals surface area contributed by atoms with E-state index in [2.05, 4.69) is 48.5 Å². The van der Waals surface area contributed by atoms with Gasteiger partial charge in [0.2, 0.25) is 5.72 Å². The monoisotopic (exact) mass is 392 g/mol. The molecule has 1 atom stereocenters. The first-order valence-corrected chi connectivity index (χ1v) is 10.6. The van der Waals surface area contributed by atoms with Crippen LogP contribution in [0.3, 0.4) is 0 Å². The molecule has 1 saturated heterocycles. The average Bonchev–Trinajstić information content (AvgIpc) is 3.22. The van der Waals surface area contributed by atoms with Gasteiger partial charge in [0.15, 0.2) is 11.5 Å². The summed E-state index contributed by atoms with van der Waals surface area (Å²) >= 11 is 0. The van der Waals surface area contributed by atoms with Gasteiger partial charge in [-0.25, -0.2) is 5.01 Å². The number of nitrogens with one attached hydrogen (secondary N) is 1. The van der Waals surface area contributed by atoms with Crippen molar-refractivity contribution in [2.24, 2.45) is 5.10 Å². The molecular formula is C23H26N3O3+. The maximum Gasteiger partial charge on any atom is 0.208 e. The molecule has 4 aliphatic heterocycles. The molecule has 6 heteroatoms. The van der Waals surface area contributed by atoms with E-state index in [1.165, 1.54) is 5.56 Å². The van der Waals surface area contributed by atoms with Crippen molar-refractivity contribution in [2.75, 3.05) is 33.4 Å². The van der Waals surface area contributed by atoms with Gasteiger partial charge in [-0.05, 0) is 24.3 Å². The van der Waals surface area contributed by atoms with Gasteiger partial charge < -0.3 is 19.1 Å². The lowest BCUT2D eigenvalue weighted by Crippen LogP contribution is -3.11. The first-order chi connectivity index (χ1) is 14.2. The molecular weight excluding hydrogens is 366 g/mol. The number of ether oxygens (including phenoxy) is 3. The smallest absolute Gasteiger partial charge is 0.208 e. The molecule has 1 N–H and O–H groups in total. The number of hydrazone groups is 1. The molecule has 0 bridgehead atoms. The molecule has 150 valence electrons. The standard InChI is InChI=1S/C23H25N3O3/c1-25-10-8-23(9-11-25)26-19(17-4-2-3-5-20(17)29-23)15-18(24-26)16-6-7-21-22(14-16)28-13-12-27-21/h2-7,14,19H,8-13,15H2,1H3/p+1/t19-/m1/s1. The Morgan fingerprint density at radius 3 is 2.66 bits per heavy atom. The van der Waals surface area contributed by atoms with Gasteiger partial charge in [-0.2, -0.15) is 5.10 Å². The zero-order valence-electron chi connectivity index (χ0n) is 16.7. The molecule has 1 spiro atoms. The predicted octanol–water partition coefficient (Wildman–Crippen LogP) is 2.01. The van der Waals surface area contributed by atoms with Gasteiger partial charge in [0.05, 0.1) is 44.7 Å². The Labute approximate surface area is 170 Å². The molecule has 0 unspecified atom stereocenters. The zero-order chi connectivity index (χ0) is 19.4. The second kappa shape index (κ2) is 6.39. The molecule has 29 heavy (non-hydrogen) atoms. The van der Waals surface area contributed by atoms with Crippen LogP contribution >= 0.6 is 0 Å². The number of benzene rings is 2. The van der Waals surface area contributed by atoms with E-state index in [-0.39, 0.29) is 11.8 Å². The minimum atomic E-state index is -0.339. The van der Waals surface area contributed by atoms with Crippen molar-refractivity contribution in [2.45, 2.75) is 31.0 Å². The molecule has 4 aliphatic rings. The number of hydrogen-bond acceptors (Lipinski definition) is 5. The minimum Gasteiger partial charge on any atom is -0.486 e. The van der Waals surface area contributed by atoms with Crippen LogP contribution in [0.15, 0.2) is 47.6 Å². The lowest BCUT2D eigenvalue weighted by Gasteiger charge is -2.49. The highest BCUT2D eigenvalue weighted by Gasteiger charge is 2.52. The van der Waals surface area contributed by atoms with Crippen molar-refractivity contribution in [1.29, 1.82) is 0 Å². The molecule has 4 heterocycles. The summed E-state index contributed by atoms with van der Waals surface area (Å²) in [5, 5.41) is 7.42. The van der Waals surface area contributed by atoms with Crippen LogP contribution in [0.25, 0.3) is 0 Å². The Morgan fingerprint density at radius 2 is 1.79 bits per heavy atom. The highest BCUT2D eigenvalue weighted by atomic mass is 16.6. The number of rotatable bonds is 1. The minimum absolute atomic E-state index is 0.224. The summed E-state index contributed by atoms with van der Waals surface area (Å²) < 4.78 is 18.1. The third-order valence-electron chi connectivity index (χ3n) is 6.67. The lowest BCUT2D eigenvalue weighted by atomic mass is 9.91. The summed E-state index contributed by atoms with van der Waals surface area (Å²) in [6.07, 6.45) is 2.85. The fourth-order valence-electron chi connectivity index (χ4n) is 5.02. The molecule has 2 aromatic carbocycles. The second-order valence-electron chi connectivity index (χ2n) is 8.51. The molecule has 0 aliphatic carbocycles. The van der Waals surface area contributed by atoms with E-state index in [1.54, 1.807) is 4.90 Å².